The standard InChI is InChI=1S/C33H32Cl3N3O4S/c1-23(2)37-33(41)31(19-24-10-5-3-6-11-24)38(21-25-16-17-29(35)30(36)18-25)32(40)22-39(27-13-9-12-26(34)20-27)44(42,43)28-14-7-4-8-15-28/h3-18,20,23,31H,19,21-22H2,1-2H3,(H,37,41). The summed E-state index contributed by atoms with van der Waals surface area (Å²) in [5.74, 6) is -0.979. The number of hydrogen-bond acceptors (Lipinski definition) is 4. The first-order valence-corrected chi connectivity index (χ1v) is 16.4. The molecule has 7 nitrogen and oxygen atoms in total. The van der Waals surface area contributed by atoms with Crippen molar-refractivity contribution in [2.75, 3.05) is 10.8 Å². The van der Waals surface area contributed by atoms with Crippen molar-refractivity contribution in [2.24, 2.45) is 0 Å². The van der Waals surface area contributed by atoms with Crippen LogP contribution in [0.5, 0.6) is 0 Å². The monoisotopic (exact) mass is 671 g/mol. The minimum atomic E-state index is -4.22. The molecule has 0 heterocycles. The second kappa shape index (κ2) is 14.9. The van der Waals surface area contributed by atoms with Crippen LogP contribution in [0.4, 0.5) is 5.69 Å². The van der Waals surface area contributed by atoms with Gasteiger partial charge in [0.1, 0.15) is 12.6 Å². The van der Waals surface area contributed by atoms with Gasteiger partial charge in [-0.25, -0.2) is 8.42 Å². The number of sulfonamides is 1. The first-order chi connectivity index (χ1) is 21.0. The van der Waals surface area contributed by atoms with E-state index in [2.05, 4.69) is 5.32 Å². The normalized spacial score (nSPS) is 12.0. The van der Waals surface area contributed by atoms with E-state index in [1.807, 2.05) is 44.2 Å². The van der Waals surface area contributed by atoms with Gasteiger partial charge in [-0.1, -0.05) is 95.5 Å². The molecule has 0 fully saturated rings. The molecule has 0 bridgehead atoms. The van der Waals surface area contributed by atoms with Crippen molar-refractivity contribution in [3.63, 3.8) is 0 Å². The smallest absolute Gasteiger partial charge is 0.264 e. The fraction of sp³-hybridized carbons (Fsp3) is 0.212. The molecule has 230 valence electrons. The van der Waals surface area contributed by atoms with Crippen molar-refractivity contribution in [1.29, 1.82) is 0 Å². The lowest BCUT2D eigenvalue weighted by Gasteiger charge is -2.34. The molecule has 11 heteroatoms. The number of nitrogens with zero attached hydrogens (tertiary/aromatic N) is 2. The number of rotatable bonds is 12. The van der Waals surface area contributed by atoms with Crippen LogP contribution in [0.15, 0.2) is 108 Å². The minimum absolute atomic E-state index is 0.00203. The quantitative estimate of drug-likeness (QED) is 0.176. The van der Waals surface area contributed by atoms with Crippen LogP contribution >= 0.6 is 34.8 Å². The van der Waals surface area contributed by atoms with Crippen LogP contribution in [0.1, 0.15) is 25.0 Å². The van der Waals surface area contributed by atoms with Crippen LogP contribution in [0, 0.1) is 0 Å². The Morgan fingerprint density at radius 3 is 2.05 bits per heavy atom. The van der Waals surface area contributed by atoms with Gasteiger partial charge in [0.05, 0.1) is 20.6 Å². The second-order valence-electron chi connectivity index (χ2n) is 10.4. The molecule has 1 N–H and O–H groups in total. The van der Waals surface area contributed by atoms with Gasteiger partial charge in [-0.15, -0.1) is 0 Å². The maximum Gasteiger partial charge on any atom is 0.264 e. The summed E-state index contributed by atoms with van der Waals surface area (Å²) in [7, 11) is -4.22. The van der Waals surface area contributed by atoms with Crippen LogP contribution < -0.4 is 9.62 Å². The Balaban J connectivity index is 1.81. The molecule has 1 atom stereocenters. The van der Waals surface area contributed by atoms with E-state index >= 15 is 0 Å². The van der Waals surface area contributed by atoms with Crippen molar-refractivity contribution in [3.8, 4) is 0 Å². The zero-order valence-electron chi connectivity index (χ0n) is 24.2. The lowest BCUT2D eigenvalue weighted by molar-refractivity contribution is -0.140. The summed E-state index contributed by atoms with van der Waals surface area (Å²) in [5, 5.41) is 3.85. The summed E-state index contributed by atoms with van der Waals surface area (Å²) in [6.07, 6.45) is 0.190. The van der Waals surface area contributed by atoms with Crippen molar-refractivity contribution in [2.45, 2.75) is 43.8 Å². The molecule has 4 aromatic carbocycles. The number of carbonyl (C=O) groups is 2. The molecule has 2 amide bonds. The fourth-order valence-corrected chi connectivity index (χ4v) is 6.58. The van der Waals surface area contributed by atoms with Gasteiger partial charge in [0.15, 0.2) is 0 Å². The average molecular weight is 673 g/mol. The van der Waals surface area contributed by atoms with Gasteiger partial charge in [-0.05, 0) is 67.4 Å². The zero-order valence-corrected chi connectivity index (χ0v) is 27.2. The molecule has 0 spiro atoms. The Hall–Kier alpha value is -3.56. The predicted octanol–water partition coefficient (Wildman–Crippen LogP) is 7.01. The van der Waals surface area contributed by atoms with E-state index in [-0.39, 0.29) is 40.5 Å². The molecule has 0 saturated carbocycles. The third-order valence-corrected chi connectivity index (χ3v) is 9.51. The molecule has 4 aromatic rings. The molecule has 1 unspecified atom stereocenters. The highest BCUT2D eigenvalue weighted by Crippen LogP contribution is 2.28. The van der Waals surface area contributed by atoms with Crippen molar-refractivity contribution < 1.29 is 18.0 Å². The number of carbonyl (C=O) groups excluding carboxylic acids is 2. The number of nitrogens with one attached hydrogen (secondary N) is 1. The van der Waals surface area contributed by atoms with Gasteiger partial charge in [-0.2, -0.15) is 0 Å². The summed E-state index contributed by atoms with van der Waals surface area (Å²) in [5.41, 5.74) is 1.64. The van der Waals surface area contributed by atoms with E-state index in [9.17, 15) is 18.0 Å². The predicted molar refractivity (Wildman–Crippen MR) is 177 cm³/mol. The van der Waals surface area contributed by atoms with Crippen LogP contribution in [0.3, 0.4) is 0 Å². The summed E-state index contributed by atoms with van der Waals surface area (Å²) < 4.78 is 29.0. The highest BCUT2D eigenvalue weighted by Gasteiger charge is 2.35. The van der Waals surface area contributed by atoms with E-state index in [1.54, 1.807) is 54.6 Å². The topological polar surface area (TPSA) is 86.8 Å². The summed E-state index contributed by atoms with van der Waals surface area (Å²) in [4.78, 5) is 29.5. The Morgan fingerprint density at radius 1 is 0.773 bits per heavy atom. The summed E-state index contributed by atoms with van der Waals surface area (Å²) in [6, 6.07) is 27.2. The minimum Gasteiger partial charge on any atom is -0.352 e. The number of anilines is 1. The van der Waals surface area contributed by atoms with E-state index in [1.165, 1.54) is 23.1 Å². The van der Waals surface area contributed by atoms with Gasteiger partial charge in [0.25, 0.3) is 10.0 Å². The Bertz CT molecular complexity index is 1700. The van der Waals surface area contributed by atoms with Crippen LogP contribution in [0.25, 0.3) is 0 Å². The maximum absolute atomic E-state index is 14.4. The molecule has 0 radical (unpaired) electrons. The molecule has 0 aliphatic carbocycles. The fourth-order valence-electron chi connectivity index (χ4n) is 4.65. The Morgan fingerprint density at radius 2 is 1.43 bits per heavy atom. The second-order valence-corrected chi connectivity index (χ2v) is 13.6. The van der Waals surface area contributed by atoms with E-state index in [4.69, 9.17) is 34.8 Å². The van der Waals surface area contributed by atoms with Crippen LogP contribution in [0.2, 0.25) is 15.1 Å². The summed E-state index contributed by atoms with van der Waals surface area (Å²) in [6.45, 7) is 3.03. The summed E-state index contributed by atoms with van der Waals surface area (Å²) >= 11 is 18.7. The van der Waals surface area contributed by atoms with Crippen LogP contribution in [-0.2, 0) is 32.6 Å². The highest BCUT2D eigenvalue weighted by atomic mass is 35.5. The first kappa shape index (κ1) is 33.3. The third-order valence-electron chi connectivity index (χ3n) is 6.75. The van der Waals surface area contributed by atoms with Crippen LogP contribution in [-0.4, -0.2) is 43.8 Å². The molecule has 44 heavy (non-hydrogen) atoms. The molecular formula is C33H32Cl3N3O4S. The number of amides is 2. The van der Waals surface area contributed by atoms with Gasteiger partial charge in [0.2, 0.25) is 11.8 Å². The molecule has 0 aromatic heterocycles. The third kappa shape index (κ3) is 8.54. The average Bonchev–Trinajstić information content (AvgIpc) is 2.99. The largest absolute Gasteiger partial charge is 0.352 e. The molecule has 4 rings (SSSR count). The first-order valence-electron chi connectivity index (χ1n) is 13.9. The van der Waals surface area contributed by atoms with Crippen molar-refractivity contribution >= 4 is 62.3 Å². The van der Waals surface area contributed by atoms with Gasteiger partial charge in [0, 0.05) is 24.0 Å². The van der Waals surface area contributed by atoms with Crippen molar-refractivity contribution in [1.82, 2.24) is 10.2 Å². The van der Waals surface area contributed by atoms with E-state index in [0.29, 0.717) is 15.6 Å². The molecule has 0 aliphatic heterocycles. The Labute approximate surface area is 273 Å². The maximum atomic E-state index is 14.4. The number of benzene rings is 4. The SMILES string of the molecule is CC(C)NC(=O)C(Cc1ccccc1)N(Cc1ccc(Cl)c(Cl)c1)C(=O)CN(c1cccc(Cl)c1)S(=O)(=O)c1ccccc1. The number of hydrogen-bond donors (Lipinski definition) is 1. The van der Waals surface area contributed by atoms with Gasteiger partial charge in [-0.3, -0.25) is 13.9 Å². The molecular weight excluding hydrogens is 641 g/mol. The van der Waals surface area contributed by atoms with Crippen molar-refractivity contribution in [3.05, 3.63) is 129 Å². The Kier molecular flexibility index (Phi) is 11.3. The lowest BCUT2D eigenvalue weighted by Crippen LogP contribution is -2.54. The number of halogens is 3. The van der Waals surface area contributed by atoms with Gasteiger partial charge >= 0.3 is 0 Å². The highest BCUT2D eigenvalue weighted by molar-refractivity contribution is 7.92. The zero-order chi connectivity index (χ0) is 31.9. The molecule has 0 saturated heterocycles. The van der Waals surface area contributed by atoms with E-state index in [0.717, 1.165) is 9.87 Å². The molecule has 0 aliphatic rings. The van der Waals surface area contributed by atoms with Gasteiger partial charge < -0.3 is 10.2 Å². The lowest BCUT2D eigenvalue weighted by atomic mass is 10.0. The van der Waals surface area contributed by atoms with E-state index < -0.39 is 28.5 Å².